The van der Waals surface area contributed by atoms with E-state index in [4.69, 9.17) is 5.11 Å². The summed E-state index contributed by atoms with van der Waals surface area (Å²) in [6, 6.07) is 18.6. The highest BCUT2D eigenvalue weighted by atomic mass is 16.5. The van der Waals surface area contributed by atoms with Crippen molar-refractivity contribution in [3.8, 4) is 0 Å². The summed E-state index contributed by atoms with van der Waals surface area (Å²) in [7, 11) is 1.39. The number of benzene rings is 2. The summed E-state index contributed by atoms with van der Waals surface area (Å²) in [6.45, 7) is 0. The topological polar surface area (TPSA) is 63.6 Å². The summed E-state index contributed by atoms with van der Waals surface area (Å²) in [6.07, 6.45) is 0.470. The van der Waals surface area contributed by atoms with Gasteiger partial charge in [-0.15, -0.1) is 0 Å². The van der Waals surface area contributed by atoms with E-state index in [1.165, 1.54) is 7.11 Å². The third kappa shape index (κ3) is 7.52. The van der Waals surface area contributed by atoms with Gasteiger partial charge in [0.15, 0.2) is 0 Å². The maximum atomic E-state index is 10.8. The number of rotatable bonds is 4. The summed E-state index contributed by atoms with van der Waals surface area (Å²) in [5.41, 5.74) is 1.83. The number of ether oxygens (including phenoxy) is 1. The quantitative estimate of drug-likeness (QED) is 0.878. The summed E-state index contributed by atoms with van der Waals surface area (Å²) in [5.74, 6) is -0.984. The Morgan fingerprint density at radius 3 is 1.67 bits per heavy atom. The molecule has 0 amide bonds. The zero-order valence-corrected chi connectivity index (χ0v) is 11.9. The van der Waals surface area contributed by atoms with E-state index in [0.717, 1.165) is 11.1 Å². The lowest BCUT2D eigenvalue weighted by Crippen LogP contribution is -2.03. The molecule has 2 aromatic rings. The van der Waals surface area contributed by atoms with Gasteiger partial charge in [0.1, 0.15) is 0 Å². The van der Waals surface area contributed by atoms with Crippen LogP contribution >= 0.6 is 0 Å². The number of hydrogen-bond donors (Lipinski definition) is 1. The van der Waals surface area contributed by atoms with Crippen LogP contribution in [0.3, 0.4) is 0 Å². The largest absolute Gasteiger partial charge is 0.481 e. The van der Waals surface area contributed by atoms with E-state index in [9.17, 15) is 9.59 Å². The molecule has 0 aliphatic heterocycles. The maximum absolute atomic E-state index is 10.8. The maximum Gasteiger partial charge on any atom is 0.309 e. The van der Waals surface area contributed by atoms with E-state index in [-0.39, 0.29) is 12.4 Å². The molecule has 4 heteroatoms. The fourth-order valence-electron chi connectivity index (χ4n) is 1.61. The zero-order valence-electron chi connectivity index (χ0n) is 11.9. The number of aliphatic carboxylic acids is 1. The van der Waals surface area contributed by atoms with E-state index < -0.39 is 5.97 Å². The monoisotopic (exact) mass is 286 g/mol. The Kier molecular flexibility index (Phi) is 7.29. The van der Waals surface area contributed by atoms with E-state index in [2.05, 4.69) is 4.74 Å². The first kappa shape index (κ1) is 16.4. The van der Waals surface area contributed by atoms with Crippen LogP contribution in [-0.2, 0) is 27.2 Å². The average molecular weight is 286 g/mol. The minimum atomic E-state index is -0.786. The molecule has 1 N–H and O–H groups in total. The second-order valence-corrected chi connectivity index (χ2v) is 4.29. The molecule has 0 atom stereocenters. The molecule has 0 spiro atoms. The zero-order chi connectivity index (χ0) is 15.5. The van der Waals surface area contributed by atoms with E-state index >= 15 is 0 Å². The highest BCUT2D eigenvalue weighted by molar-refractivity contribution is 5.72. The molecule has 0 aromatic heterocycles. The minimum absolute atomic E-state index is 0.112. The van der Waals surface area contributed by atoms with Crippen LogP contribution in [0.1, 0.15) is 11.1 Å². The van der Waals surface area contributed by atoms with Crippen LogP contribution in [0.2, 0.25) is 0 Å². The smallest absolute Gasteiger partial charge is 0.309 e. The third-order valence-corrected chi connectivity index (χ3v) is 2.62. The van der Waals surface area contributed by atoms with Crippen LogP contribution in [0, 0.1) is 0 Å². The van der Waals surface area contributed by atoms with Gasteiger partial charge in [0.05, 0.1) is 20.0 Å². The van der Waals surface area contributed by atoms with Crippen molar-refractivity contribution in [2.24, 2.45) is 0 Å². The number of carbonyl (C=O) groups excluding carboxylic acids is 1. The highest BCUT2D eigenvalue weighted by Gasteiger charge is 1.99. The first-order chi connectivity index (χ1) is 10.1. The Labute approximate surface area is 124 Å². The second-order valence-electron chi connectivity index (χ2n) is 4.29. The number of carboxylic acids is 1. The first-order valence-electron chi connectivity index (χ1n) is 6.48. The Morgan fingerprint density at radius 1 is 0.857 bits per heavy atom. The number of methoxy groups -OCH3 is 1. The molecular formula is C17H18O4. The van der Waals surface area contributed by atoms with Gasteiger partial charge in [0.25, 0.3) is 0 Å². The Hall–Kier alpha value is -2.62. The van der Waals surface area contributed by atoms with Crippen LogP contribution < -0.4 is 0 Å². The van der Waals surface area contributed by atoms with Gasteiger partial charge in [-0.25, -0.2) is 0 Å². The number of carbonyl (C=O) groups is 2. The number of carboxylic acid groups (broad SMARTS) is 1. The molecule has 0 saturated heterocycles. The summed E-state index contributed by atoms with van der Waals surface area (Å²) < 4.78 is 4.52. The molecular weight excluding hydrogens is 268 g/mol. The van der Waals surface area contributed by atoms with Crippen molar-refractivity contribution in [3.05, 3.63) is 71.8 Å². The van der Waals surface area contributed by atoms with Crippen molar-refractivity contribution in [3.63, 3.8) is 0 Å². The molecule has 0 aliphatic carbocycles. The van der Waals surface area contributed by atoms with Gasteiger partial charge >= 0.3 is 11.9 Å². The van der Waals surface area contributed by atoms with E-state index in [1.807, 2.05) is 48.5 Å². The Morgan fingerprint density at radius 2 is 1.29 bits per heavy atom. The van der Waals surface area contributed by atoms with Gasteiger partial charge in [-0.05, 0) is 11.1 Å². The van der Waals surface area contributed by atoms with Gasteiger partial charge in [0, 0.05) is 0 Å². The molecule has 0 radical (unpaired) electrons. The van der Waals surface area contributed by atoms with Crippen molar-refractivity contribution < 1.29 is 19.4 Å². The summed E-state index contributed by atoms with van der Waals surface area (Å²) in [4.78, 5) is 20.9. The molecule has 4 nitrogen and oxygen atoms in total. The number of hydrogen-bond acceptors (Lipinski definition) is 3. The number of esters is 1. The predicted octanol–water partition coefficient (Wildman–Crippen LogP) is 2.72. The lowest BCUT2D eigenvalue weighted by Gasteiger charge is -1.97. The summed E-state index contributed by atoms with van der Waals surface area (Å²) >= 11 is 0. The Bertz CT molecular complexity index is 550. The minimum Gasteiger partial charge on any atom is -0.481 e. The van der Waals surface area contributed by atoms with Gasteiger partial charge in [-0.1, -0.05) is 60.7 Å². The van der Waals surface area contributed by atoms with E-state index in [0.29, 0.717) is 6.42 Å². The van der Waals surface area contributed by atoms with Crippen LogP contribution in [0.4, 0.5) is 0 Å². The standard InChI is InChI=1S/C9H10O2.C8H8O2/c1-11-9(10)7-8-5-3-2-4-6-8;9-8(10)6-7-4-2-1-3-5-7/h2-6H,7H2,1H3;1-5H,6H2,(H,9,10). The fourth-order valence-corrected chi connectivity index (χ4v) is 1.61. The van der Waals surface area contributed by atoms with Crippen molar-refractivity contribution in [2.75, 3.05) is 7.11 Å². The van der Waals surface area contributed by atoms with Gasteiger partial charge in [-0.2, -0.15) is 0 Å². The lowest BCUT2D eigenvalue weighted by atomic mass is 10.2. The van der Waals surface area contributed by atoms with Crippen molar-refractivity contribution in [2.45, 2.75) is 12.8 Å². The molecule has 110 valence electrons. The molecule has 2 rings (SSSR count). The molecule has 0 fully saturated rings. The molecule has 0 unspecified atom stereocenters. The van der Waals surface area contributed by atoms with Gasteiger partial charge < -0.3 is 9.84 Å². The normalized spacial score (nSPS) is 9.19. The highest BCUT2D eigenvalue weighted by Crippen LogP contribution is 2.00. The van der Waals surface area contributed by atoms with Crippen LogP contribution in [0.5, 0.6) is 0 Å². The molecule has 0 aliphatic rings. The SMILES string of the molecule is COC(=O)Cc1ccccc1.O=C(O)Cc1ccccc1. The van der Waals surface area contributed by atoms with Gasteiger partial charge in [0.2, 0.25) is 0 Å². The van der Waals surface area contributed by atoms with Crippen molar-refractivity contribution in [1.82, 2.24) is 0 Å². The van der Waals surface area contributed by atoms with Crippen molar-refractivity contribution in [1.29, 1.82) is 0 Å². The third-order valence-electron chi connectivity index (χ3n) is 2.62. The van der Waals surface area contributed by atoms with Crippen molar-refractivity contribution >= 4 is 11.9 Å². The molecule has 21 heavy (non-hydrogen) atoms. The second kappa shape index (κ2) is 9.31. The molecule has 0 heterocycles. The van der Waals surface area contributed by atoms with Gasteiger partial charge in [-0.3, -0.25) is 9.59 Å². The molecule has 0 bridgehead atoms. The van der Waals surface area contributed by atoms with Crippen LogP contribution in [-0.4, -0.2) is 24.2 Å². The Balaban J connectivity index is 0.000000211. The van der Waals surface area contributed by atoms with E-state index in [1.54, 1.807) is 12.1 Å². The van der Waals surface area contributed by atoms with Crippen LogP contribution in [0.15, 0.2) is 60.7 Å². The lowest BCUT2D eigenvalue weighted by molar-refractivity contribution is -0.140. The first-order valence-corrected chi connectivity index (χ1v) is 6.48. The molecule has 2 aromatic carbocycles. The fraction of sp³-hybridized carbons (Fsp3) is 0.176. The van der Waals surface area contributed by atoms with Crippen LogP contribution in [0.25, 0.3) is 0 Å². The average Bonchev–Trinajstić information content (AvgIpc) is 2.49. The summed E-state index contributed by atoms with van der Waals surface area (Å²) in [5, 5.41) is 8.37. The molecule has 0 saturated carbocycles. The predicted molar refractivity (Wildman–Crippen MR) is 79.9 cm³/mol.